The van der Waals surface area contributed by atoms with Crippen LogP contribution < -0.4 is 5.32 Å². The van der Waals surface area contributed by atoms with E-state index >= 15 is 0 Å². The van der Waals surface area contributed by atoms with E-state index in [2.05, 4.69) is 5.32 Å². The molecular formula is C25H28FN3O5S. The number of rotatable bonds is 8. The van der Waals surface area contributed by atoms with E-state index in [1.54, 1.807) is 19.1 Å². The second-order valence-corrected chi connectivity index (χ2v) is 10.7. The van der Waals surface area contributed by atoms with Crippen molar-refractivity contribution in [3.63, 3.8) is 0 Å². The largest absolute Gasteiger partial charge is 0.352 e. The number of nitrogens with zero attached hydrogens (tertiary/aromatic N) is 2. The van der Waals surface area contributed by atoms with E-state index in [4.69, 9.17) is 0 Å². The van der Waals surface area contributed by atoms with Crippen LogP contribution in [0.3, 0.4) is 0 Å². The van der Waals surface area contributed by atoms with E-state index in [1.165, 1.54) is 41.3 Å². The van der Waals surface area contributed by atoms with Gasteiger partial charge in [-0.15, -0.1) is 0 Å². The van der Waals surface area contributed by atoms with Gasteiger partial charge in [-0.3, -0.25) is 14.4 Å². The molecule has 10 heteroatoms. The first-order valence-corrected chi connectivity index (χ1v) is 13.1. The van der Waals surface area contributed by atoms with Gasteiger partial charge < -0.3 is 10.2 Å². The number of halogens is 1. The number of sulfonamides is 1. The van der Waals surface area contributed by atoms with Crippen LogP contribution in [0.25, 0.3) is 0 Å². The summed E-state index contributed by atoms with van der Waals surface area (Å²) in [7, 11) is -4.06. The minimum atomic E-state index is -4.06. The molecule has 4 rings (SSSR count). The summed E-state index contributed by atoms with van der Waals surface area (Å²) in [4.78, 5) is 40.0. The third-order valence-electron chi connectivity index (χ3n) is 6.61. The Balaban J connectivity index is 1.51. The van der Waals surface area contributed by atoms with Crippen LogP contribution in [0.1, 0.15) is 54.9 Å². The molecule has 8 nitrogen and oxygen atoms in total. The van der Waals surface area contributed by atoms with Crippen molar-refractivity contribution >= 4 is 27.7 Å². The number of carbonyl (C=O) groups is 3. The van der Waals surface area contributed by atoms with Gasteiger partial charge in [-0.1, -0.05) is 43.2 Å². The zero-order chi connectivity index (χ0) is 25.2. The van der Waals surface area contributed by atoms with Crippen molar-refractivity contribution in [2.45, 2.75) is 62.6 Å². The van der Waals surface area contributed by atoms with E-state index in [0.717, 1.165) is 25.7 Å². The Bertz CT molecular complexity index is 1240. The average molecular weight is 502 g/mol. The summed E-state index contributed by atoms with van der Waals surface area (Å²) in [6, 6.07) is 11.0. The molecule has 3 amide bonds. The first-order chi connectivity index (χ1) is 16.7. The maximum Gasteiger partial charge on any atom is 0.269 e. The van der Waals surface area contributed by atoms with Gasteiger partial charge in [-0.05, 0) is 38.0 Å². The summed E-state index contributed by atoms with van der Waals surface area (Å²) in [5.41, 5.74) is 0.297. The number of carbonyl (C=O) groups excluding carboxylic acids is 3. The van der Waals surface area contributed by atoms with E-state index in [1.807, 2.05) is 0 Å². The second-order valence-electron chi connectivity index (χ2n) is 8.91. The van der Waals surface area contributed by atoms with Gasteiger partial charge in [0.05, 0.1) is 5.56 Å². The van der Waals surface area contributed by atoms with Crippen molar-refractivity contribution < 1.29 is 27.2 Å². The van der Waals surface area contributed by atoms with Crippen molar-refractivity contribution in [3.05, 3.63) is 65.5 Å². The van der Waals surface area contributed by atoms with E-state index < -0.39 is 33.7 Å². The third kappa shape index (κ3) is 5.07. The minimum absolute atomic E-state index is 0.0428. The van der Waals surface area contributed by atoms with Crippen LogP contribution in [-0.4, -0.2) is 54.0 Å². The van der Waals surface area contributed by atoms with E-state index in [9.17, 15) is 27.2 Å². The van der Waals surface area contributed by atoms with Crippen LogP contribution in [0.4, 0.5) is 4.39 Å². The van der Waals surface area contributed by atoms with Crippen molar-refractivity contribution in [2.75, 3.05) is 6.54 Å². The van der Waals surface area contributed by atoms with Crippen molar-refractivity contribution in [1.29, 1.82) is 0 Å². The predicted molar refractivity (Wildman–Crippen MR) is 126 cm³/mol. The first kappa shape index (κ1) is 24.8. The summed E-state index contributed by atoms with van der Waals surface area (Å²) in [5, 5.41) is 2.96. The van der Waals surface area contributed by atoms with Gasteiger partial charge in [-0.25, -0.2) is 17.1 Å². The zero-order valence-electron chi connectivity index (χ0n) is 19.4. The highest BCUT2D eigenvalue weighted by atomic mass is 32.2. The highest BCUT2D eigenvalue weighted by Crippen LogP contribution is 2.30. The third-order valence-corrected chi connectivity index (χ3v) is 8.45. The molecule has 1 aliphatic carbocycles. The Labute approximate surface area is 204 Å². The SMILES string of the molecule is C[C@@H](C(=O)NC1CCCC1)N(Cc1ccccc1F)C(=O)CCN1C(=O)c2ccccc2S1(=O)=O. The molecule has 35 heavy (non-hydrogen) atoms. The van der Waals surface area contributed by atoms with Crippen LogP contribution >= 0.6 is 0 Å². The molecule has 2 aromatic rings. The Morgan fingerprint density at radius 1 is 1.11 bits per heavy atom. The van der Waals surface area contributed by atoms with Gasteiger partial charge in [-0.2, -0.15) is 0 Å². The fraction of sp³-hybridized carbons (Fsp3) is 0.400. The van der Waals surface area contributed by atoms with Crippen LogP contribution in [-0.2, 0) is 26.2 Å². The number of nitrogens with one attached hydrogen (secondary N) is 1. The zero-order valence-corrected chi connectivity index (χ0v) is 20.3. The highest BCUT2D eigenvalue weighted by molar-refractivity contribution is 7.90. The Morgan fingerprint density at radius 2 is 1.77 bits per heavy atom. The number of benzene rings is 2. The molecule has 0 radical (unpaired) electrons. The highest BCUT2D eigenvalue weighted by Gasteiger charge is 2.41. The van der Waals surface area contributed by atoms with Gasteiger partial charge in [0, 0.05) is 31.1 Å². The fourth-order valence-electron chi connectivity index (χ4n) is 4.58. The van der Waals surface area contributed by atoms with Crippen molar-refractivity contribution in [2.24, 2.45) is 0 Å². The maximum absolute atomic E-state index is 14.4. The summed E-state index contributed by atoms with van der Waals surface area (Å²) in [6.45, 7) is 1.03. The lowest BCUT2D eigenvalue weighted by atomic mass is 10.1. The topological polar surface area (TPSA) is 104 Å². The standard InChI is InChI=1S/C25H28FN3O5S/c1-17(24(31)27-19-9-3-4-10-19)28(16-18-8-2-6-12-21(18)26)23(30)14-15-29-25(32)20-11-5-7-13-22(20)35(29,33)34/h2,5-8,11-13,17,19H,3-4,9-10,14-16H2,1H3,(H,27,31)/t17-/m0/s1. The summed E-state index contributed by atoms with van der Waals surface area (Å²) in [5.74, 6) is -2.11. The maximum atomic E-state index is 14.4. The van der Waals surface area contributed by atoms with E-state index in [0.29, 0.717) is 4.31 Å². The smallest absolute Gasteiger partial charge is 0.269 e. The molecule has 0 bridgehead atoms. The molecule has 0 saturated heterocycles. The van der Waals surface area contributed by atoms with Crippen LogP contribution in [0.5, 0.6) is 0 Å². The number of hydrogen-bond acceptors (Lipinski definition) is 5. The normalized spacial score (nSPS) is 17.8. The number of amides is 3. The van der Waals surface area contributed by atoms with Gasteiger partial charge in [0.25, 0.3) is 15.9 Å². The number of fused-ring (bicyclic) bond motifs is 1. The molecule has 0 aromatic heterocycles. The molecule has 2 aliphatic rings. The molecule has 0 spiro atoms. The van der Waals surface area contributed by atoms with Gasteiger partial charge in [0.15, 0.2) is 0 Å². The van der Waals surface area contributed by atoms with Crippen molar-refractivity contribution in [1.82, 2.24) is 14.5 Å². The summed E-state index contributed by atoms with van der Waals surface area (Å²) < 4.78 is 40.7. The quantitative estimate of drug-likeness (QED) is 0.599. The molecule has 0 unspecified atom stereocenters. The molecular weight excluding hydrogens is 473 g/mol. The Morgan fingerprint density at radius 3 is 2.46 bits per heavy atom. The lowest BCUT2D eigenvalue weighted by Crippen LogP contribution is -2.50. The summed E-state index contributed by atoms with van der Waals surface area (Å²) in [6.07, 6.45) is 3.45. The lowest BCUT2D eigenvalue weighted by Gasteiger charge is -2.30. The molecule has 1 fully saturated rings. The van der Waals surface area contributed by atoms with Crippen LogP contribution in [0.15, 0.2) is 53.4 Å². The lowest BCUT2D eigenvalue weighted by molar-refractivity contribution is -0.141. The molecule has 1 aliphatic heterocycles. The first-order valence-electron chi connectivity index (χ1n) is 11.7. The minimum Gasteiger partial charge on any atom is -0.352 e. The molecule has 1 saturated carbocycles. The Hall–Kier alpha value is -3.27. The summed E-state index contributed by atoms with van der Waals surface area (Å²) >= 11 is 0. The molecule has 1 N–H and O–H groups in total. The van der Waals surface area contributed by atoms with E-state index in [-0.39, 0.29) is 47.5 Å². The number of hydrogen-bond donors (Lipinski definition) is 1. The molecule has 1 heterocycles. The van der Waals surface area contributed by atoms with Crippen LogP contribution in [0.2, 0.25) is 0 Å². The molecule has 186 valence electrons. The van der Waals surface area contributed by atoms with Gasteiger partial charge >= 0.3 is 0 Å². The van der Waals surface area contributed by atoms with Gasteiger partial charge in [0.2, 0.25) is 11.8 Å². The predicted octanol–water partition coefficient (Wildman–Crippen LogP) is 2.84. The fourth-order valence-corrected chi connectivity index (χ4v) is 6.15. The average Bonchev–Trinajstić information content (AvgIpc) is 3.41. The Kier molecular flexibility index (Phi) is 7.20. The van der Waals surface area contributed by atoms with Gasteiger partial charge in [0.1, 0.15) is 16.8 Å². The molecule has 2 aromatic carbocycles. The van der Waals surface area contributed by atoms with Crippen LogP contribution in [0, 0.1) is 5.82 Å². The second kappa shape index (κ2) is 10.2. The monoisotopic (exact) mass is 501 g/mol. The van der Waals surface area contributed by atoms with Crippen molar-refractivity contribution in [3.8, 4) is 0 Å². The molecule has 1 atom stereocenters.